The molecule has 0 spiro atoms. The van der Waals surface area contributed by atoms with Gasteiger partial charge in [-0.25, -0.2) is 4.79 Å². The molecule has 0 aliphatic rings. The lowest BCUT2D eigenvalue weighted by Gasteiger charge is -2.04. The van der Waals surface area contributed by atoms with E-state index in [1.165, 1.54) is 18.4 Å². The zero-order chi connectivity index (χ0) is 12.4. The number of halogens is 1. The molecule has 17 heavy (non-hydrogen) atoms. The van der Waals surface area contributed by atoms with Gasteiger partial charge in [0, 0.05) is 10.4 Å². The Morgan fingerprint density at radius 3 is 2.88 bits per heavy atom. The van der Waals surface area contributed by atoms with Crippen molar-refractivity contribution in [2.75, 3.05) is 13.7 Å². The fourth-order valence-electron chi connectivity index (χ4n) is 1.54. The van der Waals surface area contributed by atoms with Crippen LogP contribution < -0.4 is 4.74 Å². The molecule has 0 bridgehead atoms. The summed E-state index contributed by atoms with van der Waals surface area (Å²) in [5.74, 6) is 0.386. The van der Waals surface area contributed by atoms with Crippen LogP contribution in [0.25, 0.3) is 10.1 Å². The Balaban J connectivity index is 2.61. The third-order valence-electron chi connectivity index (χ3n) is 2.28. The molecule has 0 aliphatic carbocycles. The third-order valence-corrected chi connectivity index (χ3v) is 3.74. The minimum Gasteiger partial charge on any atom is -0.492 e. The first-order valence-corrected chi connectivity index (χ1v) is 6.30. The van der Waals surface area contributed by atoms with Gasteiger partial charge in [-0.15, -0.1) is 11.3 Å². The quantitative estimate of drug-likeness (QED) is 0.797. The second kappa shape index (κ2) is 4.94. The molecule has 2 rings (SSSR count). The van der Waals surface area contributed by atoms with E-state index in [2.05, 4.69) is 0 Å². The number of hydrogen-bond donors (Lipinski definition) is 0. The highest BCUT2D eigenvalue weighted by atomic mass is 35.5. The number of carbonyl (C=O) groups excluding carboxylic acids is 1. The number of rotatable bonds is 3. The van der Waals surface area contributed by atoms with Gasteiger partial charge in [-0.05, 0) is 25.1 Å². The Morgan fingerprint density at radius 1 is 1.47 bits per heavy atom. The van der Waals surface area contributed by atoms with Crippen LogP contribution in [0.1, 0.15) is 16.6 Å². The Hall–Kier alpha value is -1.26. The van der Waals surface area contributed by atoms with E-state index in [4.69, 9.17) is 21.1 Å². The van der Waals surface area contributed by atoms with Gasteiger partial charge in [-0.2, -0.15) is 0 Å². The van der Waals surface area contributed by atoms with Gasteiger partial charge in [-0.1, -0.05) is 11.6 Å². The van der Waals surface area contributed by atoms with Gasteiger partial charge in [-0.3, -0.25) is 0 Å². The molecule has 0 N–H and O–H groups in total. The Bertz CT molecular complexity index is 562. The second-order valence-electron chi connectivity index (χ2n) is 3.32. The van der Waals surface area contributed by atoms with Crippen LogP contribution in [-0.2, 0) is 4.74 Å². The monoisotopic (exact) mass is 270 g/mol. The van der Waals surface area contributed by atoms with Crippen molar-refractivity contribution in [3.8, 4) is 5.75 Å². The molecule has 0 fully saturated rings. The molecule has 0 unspecified atom stereocenters. The van der Waals surface area contributed by atoms with Crippen molar-refractivity contribution in [1.29, 1.82) is 0 Å². The summed E-state index contributed by atoms with van der Waals surface area (Å²) in [4.78, 5) is 12.0. The average molecular weight is 271 g/mol. The predicted octanol–water partition coefficient (Wildman–Crippen LogP) is 3.74. The lowest BCUT2D eigenvalue weighted by atomic mass is 10.2. The number of methoxy groups -OCH3 is 1. The number of fused-ring (bicyclic) bond motifs is 1. The van der Waals surface area contributed by atoms with Crippen LogP contribution in [0.3, 0.4) is 0 Å². The molecule has 5 heteroatoms. The molecule has 0 atom stereocenters. The van der Waals surface area contributed by atoms with Gasteiger partial charge in [0.15, 0.2) is 0 Å². The van der Waals surface area contributed by atoms with Crippen molar-refractivity contribution in [3.05, 3.63) is 28.1 Å². The summed E-state index contributed by atoms with van der Waals surface area (Å²) >= 11 is 7.42. The van der Waals surface area contributed by atoms with Crippen LogP contribution in [0.4, 0.5) is 0 Å². The minimum atomic E-state index is -0.357. The van der Waals surface area contributed by atoms with Gasteiger partial charge in [0.2, 0.25) is 0 Å². The van der Waals surface area contributed by atoms with Gasteiger partial charge in [0.25, 0.3) is 0 Å². The fraction of sp³-hybridized carbons (Fsp3) is 0.250. The van der Waals surface area contributed by atoms with E-state index in [-0.39, 0.29) is 5.97 Å². The maximum absolute atomic E-state index is 11.5. The molecule has 1 aromatic carbocycles. The molecular formula is C12H11ClO3S. The number of hydrogen-bond acceptors (Lipinski definition) is 4. The number of esters is 1. The highest BCUT2D eigenvalue weighted by Gasteiger charge is 2.15. The van der Waals surface area contributed by atoms with E-state index in [1.807, 2.05) is 13.0 Å². The molecular weight excluding hydrogens is 260 g/mol. The molecule has 0 amide bonds. The largest absolute Gasteiger partial charge is 0.492 e. The van der Waals surface area contributed by atoms with Gasteiger partial charge < -0.3 is 9.47 Å². The van der Waals surface area contributed by atoms with Crippen LogP contribution >= 0.6 is 22.9 Å². The minimum absolute atomic E-state index is 0.357. The maximum atomic E-state index is 11.5. The molecule has 3 nitrogen and oxygen atoms in total. The van der Waals surface area contributed by atoms with Crippen LogP contribution in [-0.4, -0.2) is 19.7 Å². The van der Waals surface area contributed by atoms with E-state index >= 15 is 0 Å². The Morgan fingerprint density at radius 2 is 2.24 bits per heavy atom. The van der Waals surface area contributed by atoms with E-state index < -0.39 is 0 Å². The van der Waals surface area contributed by atoms with Crippen molar-refractivity contribution in [3.63, 3.8) is 0 Å². The summed E-state index contributed by atoms with van der Waals surface area (Å²) in [6, 6.07) is 5.31. The van der Waals surface area contributed by atoms with Crippen LogP contribution in [0.15, 0.2) is 18.2 Å². The first kappa shape index (κ1) is 12.2. The standard InChI is InChI=1S/C12H11ClO3S/c1-3-16-9-5-4-8(13)7-6-10(12(14)15-2)17-11(7)9/h4-6H,3H2,1-2H3. The van der Waals surface area contributed by atoms with Gasteiger partial charge >= 0.3 is 5.97 Å². The Kier molecular flexibility index (Phi) is 3.54. The first-order chi connectivity index (χ1) is 8.17. The molecule has 1 aromatic heterocycles. The maximum Gasteiger partial charge on any atom is 0.348 e. The van der Waals surface area contributed by atoms with E-state index in [0.717, 1.165) is 15.8 Å². The number of ether oxygens (including phenoxy) is 2. The summed E-state index contributed by atoms with van der Waals surface area (Å²) in [5, 5.41) is 1.43. The van der Waals surface area contributed by atoms with Crippen molar-refractivity contribution >= 4 is 39.0 Å². The van der Waals surface area contributed by atoms with Crippen LogP contribution in [0.2, 0.25) is 5.02 Å². The number of benzene rings is 1. The summed E-state index contributed by atoms with van der Waals surface area (Å²) < 4.78 is 11.1. The van der Waals surface area contributed by atoms with E-state index in [0.29, 0.717) is 16.5 Å². The number of thiophene rings is 1. The van der Waals surface area contributed by atoms with Crippen LogP contribution in [0.5, 0.6) is 5.75 Å². The SMILES string of the molecule is CCOc1ccc(Cl)c2cc(C(=O)OC)sc12. The highest BCUT2D eigenvalue weighted by molar-refractivity contribution is 7.21. The zero-order valence-corrected chi connectivity index (χ0v) is 11.0. The number of carbonyl (C=O) groups is 1. The fourth-order valence-corrected chi connectivity index (χ4v) is 2.87. The third kappa shape index (κ3) is 2.23. The van der Waals surface area contributed by atoms with Crippen molar-refractivity contribution in [2.24, 2.45) is 0 Å². The molecule has 0 saturated heterocycles. The second-order valence-corrected chi connectivity index (χ2v) is 4.78. The normalized spacial score (nSPS) is 10.5. The van der Waals surface area contributed by atoms with Crippen LogP contribution in [0, 0.1) is 0 Å². The predicted molar refractivity (Wildman–Crippen MR) is 69.3 cm³/mol. The summed E-state index contributed by atoms with van der Waals surface area (Å²) in [6.07, 6.45) is 0. The van der Waals surface area contributed by atoms with Gasteiger partial charge in [0.1, 0.15) is 10.6 Å². The smallest absolute Gasteiger partial charge is 0.348 e. The molecule has 0 saturated carbocycles. The summed E-state index contributed by atoms with van der Waals surface area (Å²) in [6.45, 7) is 2.48. The molecule has 1 heterocycles. The lowest BCUT2D eigenvalue weighted by Crippen LogP contribution is -1.96. The summed E-state index contributed by atoms with van der Waals surface area (Å²) in [7, 11) is 1.36. The van der Waals surface area contributed by atoms with Crippen molar-refractivity contribution < 1.29 is 14.3 Å². The molecule has 90 valence electrons. The lowest BCUT2D eigenvalue weighted by molar-refractivity contribution is 0.0606. The van der Waals surface area contributed by atoms with E-state index in [9.17, 15) is 4.79 Å². The molecule has 0 aliphatic heterocycles. The van der Waals surface area contributed by atoms with Crippen molar-refractivity contribution in [1.82, 2.24) is 0 Å². The topological polar surface area (TPSA) is 35.5 Å². The molecule has 0 radical (unpaired) electrons. The molecule has 2 aromatic rings. The first-order valence-electron chi connectivity index (χ1n) is 5.10. The zero-order valence-electron chi connectivity index (χ0n) is 9.45. The average Bonchev–Trinajstić information content (AvgIpc) is 2.78. The van der Waals surface area contributed by atoms with Crippen molar-refractivity contribution in [2.45, 2.75) is 6.92 Å². The summed E-state index contributed by atoms with van der Waals surface area (Å²) in [5.41, 5.74) is 0. The Labute approximate surface area is 108 Å². The highest BCUT2D eigenvalue weighted by Crippen LogP contribution is 2.38. The van der Waals surface area contributed by atoms with Gasteiger partial charge in [0.05, 0.1) is 18.4 Å². The van der Waals surface area contributed by atoms with E-state index in [1.54, 1.807) is 12.1 Å².